The van der Waals surface area contributed by atoms with Crippen LogP contribution >= 0.6 is 23.1 Å². The molecule has 3 rings (SSSR count). The van der Waals surface area contributed by atoms with Crippen LogP contribution < -0.4 is 10.1 Å². The maximum Gasteiger partial charge on any atom is 0.275 e. The Morgan fingerprint density at radius 2 is 2.04 bits per heavy atom. The van der Waals surface area contributed by atoms with E-state index < -0.39 is 0 Å². The minimum atomic E-state index is -0.0573. The molecule has 3 aromatic rings. The highest BCUT2D eigenvalue weighted by molar-refractivity contribution is 7.98. The van der Waals surface area contributed by atoms with E-state index in [9.17, 15) is 5.11 Å². The van der Waals surface area contributed by atoms with Gasteiger partial charge in [0, 0.05) is 5.75 Å². The third kappa shape index (κ3) is 4.39. The van der Waals surface area contributed by atoms with Gasteiger partial charge >= 0.3 is 0 Å². The van der Waals surface area contributed by atoms with E-state index in [1.54, 1.807) is 18.9 Å². The van der Waals surface area contributed by atoms with E-state index >= 15 is 0 Å². The minimum absolute atomic E-state index is 0.0461. The van der Waals surface area contributed by atoms with Crippen LogP contribution in [0.5, 0.6) is 5.19 Å². The van der Waals surface area contributed by atoms with E-state index in [0.29, 0.717) is 21.8 Å². The van der Waals surface area contributed by atoms with Gasteiger partial charge in [-0.3, -0.25) is 0 Å². The first kappa shape index (κ1) is 17.9. The summed E-state index contributed by atoms with van der Waals surface area (Å²) in [5.74, 6) is 1.48. The Kier molecular flexibility index (Phi) is 6.06. The number of aliphatic hydroxyl groups excluding tert-OH is 1. The van der Waals surface area contributed by atoms with Crippen LogP contribution in [0, 0.1) is 0 Å². The summed E-state index contributed by atoms with van der Waals surface area (Å²) in [4.78, 5) is 13.6. The molecule has 0 aliphatic heterocycles. The summed E-state index contributed by atoms with van der Waals surface area (Å²) in [5.41, 5.74) is 1.83. The molecule has 6 nitrogen and oxygen atoms in total. The molecule has 0 saturated carbocycles. The van der Waals surface area contributed by atoms with E-state index in [1.807, 2.05) is 25.1 Å². The van der Waals surface area contributed by atoms with Crippen LogP contribution in [0.1, 0.15) is 18.9 Å². The third-order valence-electron chi connectivity index (χ3n) is 3.65. The predicted octanol–water partition coefficient (Wildman–Crippen LogP) is 3.57. The summed E-state index contributed by atoms with van der Waals surface area (Å²) < 4.78 is 6.08. The van der Waals surface area contributed by atoms with E-state index in [-0.39, 0.29) is 12.6 Å². The topological polar surface area (TPSA) is 80.2 Å². The molecular weight excluding hydrogens is 356 g/mol. The van der Waals surface area contributed by atoms with Crippen LogP contribution in [0.3, 0.4) is 0 Å². The van der Waals surface area contributed by atoms with E-state index in [4.69, 9.17) is 4.74 Å². The van der Waals surface area contributed by atoms with Crippen molar-refractivity contribution in [2.24, 2.45) is 0 Å². The van der Waals surface area contributed by atoms with Crippen molar-refractivity contribution in [2.45, 2.75) is 30.3 Å². The van der Waals surface area contributed by atoms with E-state index in [0.717, 1.165) is 16.9 Å². The molecule has 8 heteroatoms. The Hall–Kier alpha value is -1.90. The number of hydrogen-bond donors (Lipinski definition) is 2. The van der Waals surface area contributed by atoms with E-state index in [2.05, 4.69) is 32.4 Å². The number of methoxy groups -OCH3 is 1. The monoisotopic (exact) mass is 376 g/mol. The molecule has 0 unspecified atom stereocenters. The van der Waals surface area contributed by atoms with Crippen LogP contribution in [-0.2, 0) is 5.75 Å². The number of hydrogen-bond acceptors (Lipinski definition) is 8. The molecule has 0 amide bonds. The van der Waals surface area contributed by atoms with Gasteiger partial charge in [-0.25, -0.2) is 9.97 Å². The zero-order valence-corrected chi connectivity index (χ0v) is 15.7. The number of ether oxygens (including phenoxy) is 1. The first-order chi connectivity index (χ1) is 12.2. The van der Waals surface area contributed by atoms with Crippen LogP contribution in [0.2, 0.25) is 0 Å². The summed E-state index contributed by atoms with van der Waals surface area (Å²) in [6.45, 7) is 2.06. The maximum absolute atomic E-state index is 9.48. The molecule has 1 atom stereocenters. The molecule has 132 valence electrons. The van der Waals surface area contributed by atoms with Crippen molar-refractivity contribution in [3.05, 3.63) is 35.9 Å². The van der Waals surface area contributed by atoms with Crippen molar-refractivity contribution in [1.82, 2.24) is 15.0 Å². The fourth-order valence-corrected chi connectivity index (χ4v) is 3.80. The lowest BCUT2D eigenvalue weighted by molar-refractivity contribution is 0.271. The molecule has 0 fully saturated rings. The van der Waals surface area contributed by atoms with Crippen LogP contribution in [-0.4, -0.2) is 39.8 Å². The Morgan fingerprint density at radius 1 is 1.24 bits per heavy atom. The van der Waals surface area contributed by atoms with Crippen molar-refractivity contribution in [3.63, 3.8) is 0 Å². The highest BCUT2D eigenvalue weighted by Gasteiger charge is 2.16. The lowest BCUT2D eigenvalue weighted by Crippen LogP contribution is -2.23. The standard InChI is InChI=1S/C17H20N4O2S2/c1-3-12(9-22)18-14-13-15(21-17(23-2)25-13)20-16(19-14)24-10-11-7-5-4-6-8-11/h4-8,12,22H,3,9-10H2,1-2H3,(H,18,19,20)/t12-/m1/s1. The number of aliphatic hydroxyl groups is 1. The van der Waals surface area contributed by atoms with Crippen molar-refractivity contribution < 1.29 is 9.84 Å². The van der Waals surface area contributed by atoms with Gasteiger partial charge in [-0.15, -0.1) is 0 Å². The smallest absolute Gasteiger partial charge is 0.275 e. The number of aromatic nitrogens is 3. The van der Waals surface area contributed by atoms with Gasteiger partial charge in [-0.05, 0) is 12.0 Å². The summed E-state index contributed by atoms with van der Waals surface area (Å²) in [6, 6.07) is 10.1. The number of rotatable bonds is 8. The third-order valence-corrected chi connectivity index (χ3v) is 5.58. The number of thioether (sulfide) groups is 1. The maximum atomic E-state index is 9.48. The summed E-state index contributed by atoms with van der Waals surface area (Å²) in [5, 5.41) is 14.0. The fraction of sp³-hybridized carbons (Fsp3) is 0.353. The molecule has 25 heavy (non-hydrogen) atoms. The van der Waals surface area contributed by atoms with Crippen molar-refractivity contribution in [2.75, 3.05) is 19.0 Å². The Labute approximate surface area is 154 Å². The molecular formula is C17H20N4O2S2. The number of nitrogens with zero attached hydrogens (tertiary/aromatic N) is 3. The summed E-state index contributed by atoms with van der Waals surface area (Å²) in [7, 11) is 1.59. The first-order valence-corrected chi connectivity index (χ1v) is 9.80. The predicted molar refractivity (Wildman–Crippen MR) is 103 cm³/mol. The molecule has 0 spiro atoms. The lowest BCUT2D eigenvalue weighted by Gasteiger charge is -2.15. The van der Waals surface area contributed by atoms with Gasteiger partial charge in [0.15, 0.2) is 16.6 Å². The SMILES string of the molecule is CC[C@H](CO)Nc1nc(SCc2ccccc2)nc2nc(OC)sc12. The van der Waals surface area contributed by atoms with E-state index in [1.165, 1.54) is 16.9 Å². The number of anilines is 1. The number of benzene rings is 1. The van der Waals surface area contributed by atoms with Gasteiger partial charge in [0.1, 0.15) is 4.70 Å². The quantitative estimate of drug-likeness (QED) is 0.459. The van der Waals surface area contributed by atoms with Crippen LogP contribution in [0.25, 0.3) is 10.3 Å². The van der Waals surface area contributed by atoms with Gasteiger partial charge in [-0.1, -0.05) is 60.4 Å². The van der Waals surface area contributed by atoms with Crippen molar-refractivity contribution in [1.29, 1.82) is 0 Å². The molecule has 2 N–H and O–H groups in total. The minimum Gasteiger partial charge on any atom is -0.473 e. The average Bonchev–Trinajstić information content (AvgIpc) is 3.08. The van der Waals surface area contributed by atoms with Crippen molar-refractivity contribution >= 4 is 39.3 Å². The molecule has 2 aromatic heterocycles. The second kappa shape index (κ2) is 8.46. The van der Waals surface area contributed by atoms with Crippen molar-refractivity contribution in [3.8, 4) is 5.19 Å². The van der Waals surface area contributed by atoms with Crippen LogP contribution in [0.4, 0.5) is 5.82 Å². The molecule has 2 heterocycles. The Balaban J connectivity index is 1.90. The highest BCUT2D eigenvalue weighted by atomic mass is 32.2. The molecule has 0 aliphatic carbocycles. The summed E-state index contributed by atoms with van der Waals surface area (Å²) >= 11 is 2.96. The number of nitrogens with one attached hydrogen (secondary N) is 1. The lowest BCUT2D eigenvalue weighted by atomic mass is 10.2. The Bertz CT molecular complexity index is 822. The Morgan fingerprint density at radius 3 is 2.72 bits per heavy atom. The highest BCUT2D eigenvalue weighted by Crippen LogP contribution is 2.34. The van der Waals surface area contributed by atoms with Gasteiger partial charge in [0.2, 0.25) is 0 Å². The average molecular weight is 377 g/mol. The van der Waals surface area contributed by atoms with Gasteiger partial charge < -0.3 is 15.2 Å². The van der Waals surface area contributed by atoms with Gasteiger partial charge in [0.25, 0.3) is 5.19 Å². The molecule has 1 aromatic carbocycles. The second-order valence-electron chi connectivity index (χ2n) is 5.40. The second-order valence-corrected chi connectivity index (χ2v) is 7.30. The largest absolute Gasteiger partial charge is 0.473 e. The van der Waals surface area contributed by atoms with Gasteiger partial charge in [-0.2, -0.15) is 4.98 Å². The van der Waals surface area contributed by atoms with Crippen LogP contribution in [0.15, 0.2) is 35.5 Å². The normalized spacial score (nSPS) is 12.3. The molecule has 0 radical (unpaired) electrons. The zero-order chi connectivity index (χ0) is 17.6. The number of thiazole rings is 1. The molecule has 0 bridgehead atoms. The zero-order valence-electron chi connectivity index (χ0n) is 14.1. The molecule has 0 saturated heterocycles. The first-order valence-electron chi connectivity index (χ1n) is 8.00. The number of fused-ring (bicyclic) bond motifs is 1. The van der Waals surface area contributed by atoms with Gasteiger partial charge in [0.05, 0.1) is 19.8 Å². The fourth-order valence-electron chi connectivity index (χ4n) is 2.23. The molecule has 0 aliphatic rings. The summed E-state index contributed by atoms with van der Waals surface area (Å²) in [6.07, 6.45) is 0.796.